The number of benzene rings is 2. The van der Waals surface area contributed by atoms with Gasteiger partial charge in [0.15, 0.2) is 5.60 Å². The quantitative estimate of drug-likeness (QED) is 0.388. The van der Waals surface area contributed by atoms with Gasteiger partial charge in [-0.2, -0.15) is 26.3 Å². The second-order valence-electron chi connectivity index (χ2n) is 7.26. The van der Waals surface area contributed by atoms with E-state index < -0.39 is 68.2 Å². The Bertz CT molecular complexity index is 1060. The Hall–Kier alpha value is -2.75. The molecular weight excluding hydrogens is 519 g/mol. The van der Waals surface area contributed by atoms with Crippen LogP contribution in [0.25, 0.3) is 0 Å². The van der Waals surface area contributed by atoms with Crippen molar-refractivity contribution in [1.82, 2.24) is 0 Å². The molecule has 0 spiro atoms. The van der Waals surface area contributed by atoms with E-state index >= 15 is 0 Å². The molecule has 1 amide bonds. The molecule has 1 unspecified atom stereocenters. The van der Waals surface area contributed by atoms with Crippen LogP contribution in [0, 0.1) is 0 Å². The number of halogens is 11. The Labute approximate surface area is 184 Å². The van der Waals surface area contributed by atoms with Crippen LogP contribution in [0.2, 0.25) is 0 Å². The fourth-order valence-corrected chi connectivity index (χ4v) is 3.06. The van der Waals surface area contributed by atoms with Crippen LogP contribution in [-0.4, -0.2) is 23.2 Å². The summed E-state index contributed by atoms with van der Waals surface area (Å²) in [7, 11) is -10.1. The second-order valence-corrected chi connectivity index (χ2v) is 9.66. The highest BCUT2D eigenvalue weighted by Gasteiger charge is 2.65. The van der Waals surface area contributed by atoms with E-state index in [0.717, 1.165) is 6.07 Å². The summed E-state index contributed by atoms with van der Waals surface area (Å²) in [5, 5.41) is 11.8. The Morgan fingerprint density at radius 3 is 1.85 bits per heavy atom. The van der Waals surface area contributed by atoms with Crippen LogP contribution in [0.4, 0.5) is 51.5 Å². The Kier molecular flexibility index (Phi) is 6.17. The van der Waals surface area contributed by atoms with Crippen LogP contribution in [0.5, 0.6) is 5.75 Å². The van der Waals surface area contributed by atoms with Crippen LogP contribution in [-0.2, 0) is 17.1 Å². The maximum Gasteiger partial charge on any atom is 0.416 e. The van der Waals surface area contributed by atoms with E-state index in [1.54, 1.807) is 5.32 Å². The first kappa shape index (κ1) is 27.5. The number of carbonyl (C=O) groups is 1. The van der Waals surface area contributed by atoms with Gasteiger partial charge in [-0.15, -0.1) is 0 Å². The summed E-state index contributed by atoms with van der Waals surface area (Å²) in [6, 6.07) is 1.40. The fourth-order valence-electron chi connectivity index (χ4n) is 2.39. The zero-order chi connectivity index (χ0) is 26.4. The van der Waals surface area contributed by atoms with E-state index in [0.29, 0.717) is 13.0 Å². The zero-order valence-corrected chi connectivity index (χ0v) is 17.4. The number of hydrogen-bond donors (Lipinski definition) is 2. The highest BCUT2D eigenvalue weighted by atomic mass is 32.5. The summed E-state index contributed by atoms with van der Waals surface area (Å²) in [4.78, 5) is 9.88. The number of aliphatic hydroxyl groups is 1. The average molecular weight is 533 g/mol. The number of alkyl halides is 6. The lowest BCUT2D eigenvalue weighted by molar-refractivity contribution is -0.143. The summed E-state index contributed by atoms with van der Waals surface area (Å²) in [6.45, 7) is -0.525. The molecule has 0 fully saturated rings. The van der Waals surface area contributed by atoms with E-state index in [-0.39, 0.29) is 30.3 Å². The largest absolute Gasteiger partial charge is 0.490 e. The highest BCUT2D eigenvalue weighted by molar-refractivity contribution is 8.45. The predicted molar refractivity (Wildman–Crippen MR) is 99.0 cm³/mol. The van der Waals surface area contributed by atoms with E-state index in [1.807, 2.05) is 0 Å². The number of amides is 1. The van der Waals surface area contributed by atoms with Crippen LogP contribution >= 0.6 is 10.2 Å². The minimum absolute atomic E-state index is 0.0607. The normalized spacial score (nSPS) is 16.7. The van der Waals surface area contributed by atoms with Crippen molar-refractivity contribution in [3.05, 3.63) is 53.6 Å². The van der Waals surface area contributed by atoms with Gasteiger partial charge in [0, 0.05) is 11.8 Å². The minimum Gasteiger partial charge on any atom is -0.490 e. The second kappa shape index (κ2) is 7.63. The molecule has 2 N–H and O–H groups in total. The monoisotopic (exact) mass is 533 g/mol. The number of ether oxygens (including phenoxy) is 1. The maximum atomic E-state index is 12.9. The van der Waals surface area contributed by atoms with E-state index in [4.69, 9.17) is 4.74 Å². The lowest BCUT2D eigenvalue weighted by Crippen LogP contribution is -2.45. The molecule has 2 aromatic carbocycles. The summed E-state index contributed by atoms with van der Waals surface area (Å²) < 4.78 is 147. The molecule has 0 saturated heterocycles. The molecule has 0 saturated carbocycles. The summed E-state index contributed by atoms with van der Waals surface area (Å²) in [6.07, 6.45) is -10.4. The van der Waals surface area contributed by atoms with Crippen molar-refractivity contribution in [3.63, 3.8) is 0 Å². The molecule has 0 aliphatic rings. The summed E-state index contributed by atoms with van der Waals surface area (Å²) >= 11 is 0. The van der Waals surface area contributed by atoms with Gasteiger partial charge in [-0.25, -0.2) is 0 Å². The third-order valence-electron chi connectivity index (χ3n) is 4.11. The first-order chi connectivity index (χ1) is 14.9. The smallest absolute Gasteiger partial charge is 0.416 e. The summed E-state index contributed by atoms with van der Waals surface area (Å²) in [5.74, 6) is -2.44. The molecule has 0 heterocycles. The van der Waals surface area contributed by atoms with Crippen molar-refractivity contribution in [2.75, 3.05) is 11.9 Å². The van der Waals surface area contributed by atoms with Crippen LogP contribution in [0.1, 0.15) is 18.1 Å². The fraction of sp³-hybridized carbons (Fsp3) is 0.278. The van der Waals surface area contributed by atoms with Gasteiger partial charge < -0.3 is 15.2 Å². The van der Waals surface area contributed by atoms with Crippen LogP contribution in [0.15, 0.2) is 47.4 Å². The first-order valence-corrected chi connectivity index (χ1v) is 10.6. The molecule has 2 aromatic rings. The van der Waals surface area contributed by atoms with Gasteiger partial charge in [0.2, 0.25) is 0 Å². The van der Waals surface area contributed by atoms with Crippen molar-refractivity contribution in [1.29, 1.82) is 0 Å². The van der Waals surface area contributed by atoms with Gasteiger partial charge in [0.25, 0.3) is 5.91 Å². The van der Waals surface area contributed by atoms with Crippen molar-refractivity contribution < 1.29 is 60.4 Å². The number of hydrogen-bond acceptors (Lipinski definition) is 3. The van der Waals surface area contributed by atoms with Gasteiger partial charge in [-0.1, -0.05) is 25.5 Å². The maximum absolute atomic E-state index is 12.9. The van der Waals surface area contributed by atoms with Crippen LogP contribution in [0.3, 0.4) is 0 Å². The van der Waals surface area contributed by atoms with Crippen molar-refractivity contribution in [2.45, 2.75) is 29.8 Å². The number of rotatable bonds is 6. The molecule has 0 aromatic heterocycles. The Morgan fingerprint density at radius 1 is 0.912 bits per heavy atom. The van der Waals surface area contributed by atoms with E-state index in [9.17, 15) is 55.7 Å². The number of carbonyl (C=O) groups excluding carboxylic acids is 1. The van der Waals surface area contributed by atoms with Gasteiger partial charge in [0.05, 0.1) is 11.1 Å². The third-order valence-corrected chi connectivity index (χ3v) is 5.25. The topological polar surface area (TPSA) is 58.6 Å². The molecule has 192 valence electrons. The average Bonchev–Trinajstić information content (AvgIpc) is 2.63. The molecule has 16 heteroatoms. The molecule has 0 aliphatic heterocycles. The van der Waals surface area contributed by atoms with Crippen molar-refractivity contribution >= 4 is 21.8 Å². The third kappa shape index (κ3) is 7.12. The molecule has 1 atom stereocenters. The van der Waals surface area contributed by atoms with Crippen molar-refractivity contribution in [2.24, 2.45) is 0 Å². The van der Waals surface area contributed by atoms with Crippen molar-refractivity contribution in [3.8, 4) is 5.75 Å². The first-order valence-electron chi connectivity index (χ1n) is 8.69. The number of nitrogens with one attached hydrogen (secondary N) is 1. The molecule has 0 bridgehead atoms. The summed E-state index contributed by atoms with van der Waals surface area (Å²) in [5.41, 5.74) is -7.25. The predicted octanol–water partition coefficient (Wildman–Crippen LogP) is 7.15. The number of anilines is 1. The zero-order valence-electron chi connectivity index (χ0n) is 16.6. The van der Waals surface area contributed by atoms with Gasteiger partial charge in [-0.3, -0.25) is 4.79 Å². The van der Waals surface area contributed by atoms with E-state index in [2.05, 4.69) is 0 Å². The Balaban J connectivity index is 2.25. The molecular formula is C18H14F11NO3S. The minimum atomic E-state index is -10.1. The Morgan fingerprint density at radius 2 is 1.41 bits per heavy atom. The SMILES string of the molecule is CC(O)(COc1cccc(S(F)(F)(F)(F)F)c1)C(=O)Nc1cc(C(F)(F)F)cc(C(F)(F)F)c1. The van der Waals surface area contributed by atoms with Gasteiger partial charge >= 0.3 is 22.6 Å². The molecule has 0 aliphatic carbocycles. The van der Waals surface area contributed by atoms with Crippen LogP contribution < -0.4 is 10.1 Å². The molecule has 2 rings (SSSR count). The van der Waals surface area contributed by atoms with Gasteiger partial charge in [-0.05, 0) is 37.3 Å². The van der Waals surface area contributed by atoms with Gasteiger partial charge in [0.1, 0.15) is 17.3 Å². The lowest BCUT2D eigenvalue weighted by atomic mass is 10.1. The molecule has 4 nitrogen and oxygen atoms in total. The lowest BCUT2D eigenvalue weighted by Gasteiger charge is -2.40. The molecule has 0 radical (unpaired) electrons. The standard InChI is InChI=1S/C18H14F11NO3S/c1-16(32,9-33-13-3-2-4-14(8-13)34(25,26,27,28)29)15(31)30-12-6-10(17(19,20)21)5-11(7-12)18(22,23)24/h2-8,32H,9H2,1H3,(H,30,31). The van der Waals surface area contributed by atoms with E-state index in [1.165, 1.54) is 0 Å². The molecule has 34 heavy (non-hydrogen) atoms. The highest BCUT2D eigenvalue weighted by Crippen LogP contribution is 3.02.